The van der Waals surface area contributed by atoms with Gasteiger partial charge in [0, 0.05) is 17.9 Å². The van der Waals surface area contributed by atoms with Gasteiger partial charge < -0.3 is 4.74 Å². The fraction of sp³-hybridized carbons (Fsp3) is 0.600. The third kappa shape index (κ3) is 1.25. The van der Waals surface area contributed by atoms with Crippen molar-refractivity contribution in [3.8, 4) is 0 Å². The van der Waals surface area contributed by atoms with Crippen LogP contribution in [0.15, 0.2) is 23.8 Å². The molecule has 2 fully saturated rings. The molecule has 18 heavy (non-hydrogen) atoms. The van der Waals surface area contributed by atoms with Crippen molar-refractivity contribution in [1.82, 2.24) is 0 Å². The molecule has 3 aliphatic rings. The smallest absolute Gasteiger partial charge is 0.334 e. The molecular formula is C15H18O3. The number of ketones is 1. The van der Waals surface area contributed by atoms with Gasteiger partial charge in [-0.15, -0.1) is 0 Å². The molecule has 0 N–H and O–H groups in total. The van der Waals surface area contributed by atoms with Gasteiger partial charge in [0.1, 0.15) is 11.9 Å². The fourth-order valence-corrected chi connectivity index (χ4v) is 3.86. The number of fused-ring (bicyclic) bond motifs is 3. The van der Waals surface area contributed by atoms with Crippen LogP contribution < -0.4 is 0 Å². The van der Waals surface area contributed by atoms with E-state index in [0.717, 1.165) is 12.8 Å². The second-order valence-corrected chi connectivity index (χ2v) is 5.93. The number of carbonyl (C=O) groups is 2. The predicted octanol–water partition coefficient (Wildman–Crippen LogP) is 2.42. The quantitative estimate of drug-likeness (QED) is 0.374. The van der Waals surface area contributed by atoms with Gasteiger partial charge in [-0.1, -0.05) is 25.2 Å². The summed E-state index contributed by atoms with van der Waals surface area (Å²) in [6.07, 6.45) is 4.07. The van der Waals surface area contributed by atoms with Crippen molar-refractivity contribution in [2.45, 2.75) is 39.2 Å². The van der Waals surface area contributed by atoms with Gasteiger partial charge in [-0.2, -0.15) is 0 Å². The normalized spacial score (nSPS) is 43.1. The van der Waals surface area contributed by atoms with Crippen LogP contribution in [0.5, 0.6) is 0 Å². The van der Waals surface area contributed by atoms with Gasteiger partial charge in [0.25, 0.3) is 0 Å². The first-order valence-corrected chi connectivity index (χ1v) is 6.60. The van der Waals surface area contributed by atoms with Crippen LogP contribution in [-0.2, 0) is 14.3 Å². The van der Waals surface area contributed by atoms with Gasteiger partial charge in [-0.25, -0.2) is 4.79 Å². The van der Waals surface area contributed by atoms with Crippen molar-refractivity contribution in [2.75, 3.05) is 0 Å². The predicted molar refractivity (Wildman–Crippen MR) is 66.7 cm³/mol. The number of carbonyl (C=O) groups excluding carboxylic acids is 2. The molecule has 1 saturated carbocycles. The Labute approximate surface area is 107 Å². The van der Waals surface area contributed by atoms with Gasteiger partial charge >= 0.3 is 5.97 Å². The standard InChI is InChI=1S/C15H18O3/c1-8-4-5-10-9(2)14(17)18-13(10)15(3)11(8)6-7-12(15)16/h6,8,10,13H,2,4-5,7H2,1,3H3/t8-,10?,13+,15-/m0/s1. The monoisotopic (exact) mass is 246 g/mol. The van der Waals surface area contributed by atoms with Crippen LogP contribution in [0.2, 0.25) is 0 Å². The Morgan fingerprint density at radius 2 is 2.11 bits per heavy atom. The van der Waals surface area contributed by atoms with Gasteiger partial charge in [-0.3, -0.25) is 4.79 Å². The Bertz CT molecular complexity index is 488. The van der Waals surface area contributed by atoms with Gasteiger partial charge in [0.15, 0.2) is 0 Å². The summed E-state index contributed by atoms with van der Waals surface area (Å²) < 4.78 is 5.49. The SMILES string of the molecule is C=C1C(=O)O[C@@H]2C1CC[C@H](C)C1=CCC(=O)[C@]12C. The van der Waals surface area contributed by atoms with E-state index in [0.29, 0.717) is 17.9 Å². The number of hydrogen-bond donors (Lipinski definition) is 0. The van der Waals surface area contributed by atoms with E-state index in [4.69, 9.17) is 4.74 Å². The van der Waals surface area contributed by atoms with E-state index in [2.05, 4.69) is 13.5 Å². The Morgan fingerprint density at radius 3 is 2.83 bits per heavy atom. The number of rotatable bonds is 0. The van der Waals surface area contributed by atoms with Crippen LogP contribution in [0.4, 0.5) is 0 Å². The minimum Gasteiger partial charge on any atom is -0.457 e. The van der Waals surface area contributed by atoms with Crippen molar-refractivity contribution in [3.63, 3.8) is 0 Å². The highest BCUT2D eigenvalue weighted by atomic mass is 16.6. The first-order chi connectivity index (χ1) is 8.46. The zero-order valence-corrected chi connectivity index (χ0v) is 10.9. The number of hydrogen-bond acceptors (Lipinski definition) is 3. The summed E-state index contributed by atoms with van der Waals surface area (Å²) >= 11 is 0. The molecule has 0 spiro atoms. The number of ether oxygens (including phenoxy) is 1. The number of allylic oxidation sites excluding steroid dienone is 1. The third-order valence-corrected chi connectivity index (χ3v) is 5.01. The molecule has 2 aliphatic carbocycles. The molecule has 3 heteroatoms. The van der Waals surface area contributed by atoms with Crippen LogP contribution >= 0.6 is 0 Å². The second-order valence-electron chi connectivity index (χ2n) is 5.93. The average molecular weight is 246 g/mol. The van der Waals surface area contributed by atoms with E-state index in [1.54, 1.807) is 0 Å². The maximum Gasteiger partial charge on any atom is 0.334 e. The highest BCUT2D eigenvalue weighted by Gasteiger charge is 2.58. The maximum absolute atomic E-state index is 12.3. The summed E-state index contributed by atoms with van der Waals surface area (Å²) in [6.45, 7) is 7.96. The molecule has 96 valence electrons. The zero-order chi connectivity index (χ0) is 13.1. The topological polar surface area (TPSA) is 43.4 Å². The Hall–Kier alpha value is -1.38. The van der Waals surface area contributed by atoms with E-state index < -0.39 is 5.41 Å². The lowest BCUT2D eigenvalue weighted by molar-refractivity contribution is -0.147. The molecule has 0 amide bonds. The molecule has 4 atom stereocenters. The van der Waals surface area contributed by atoms with Crippen molar-refractivity contribution in [1.29, 1.82) is 0 Å². The lowest BCUT2D eigenvalue weighted by atomic mass is 9.71. The molecule has 0 bridgehead atoms. The van der Waals surface area contributed by atoms with E-state index in [1.807, 2.05) is 13.0 Å². The molecular weight excluding hydrogens is 228 g/mol. The molecule has 3 nitrogen and oxygen atoms in total. The largest absolute Gasteiger partial charge is 0.457 e. The minimum atomic E-state index is -0.615. The average Bonchev–Trinajstić information content (AvgIpc) is 2.75. The van der Waals surface area contributed by atoms with Crippen molar-refractivity contribution in [3.05, 3.63) is 23.8 Å². The van der Waals surface area contributed by atoms with Crippen LogP contribution in [0.1, 0.15) is 33.1 Å². The summed E-state index contributed by atoms with van der Waals surface area (Å²) in [7, 11) is 0. The highest BCUT2D eigenvalue weighted by molar-refractivity contribution is 5.96. The second kappa shape index (κ2) is 3.56. The lowest BCUT2D eigenvalue weighted by Gasteiger charge is -2.33. The molecule has 0 aromatic carbocycles. The Balaban J connectivity index is 2.11. The molecule has 0 radical (unpaired) electrons. The van der Waals surface area contributed by atoms with Crippen LogP contribution in [0.3, 0.4) is 0 Å². The van der Waals surface area contributed by atoms with E-state index in [-0.39, 0.29) is 23.8 Å². The van der Waals surface area contributed by atoms with E-state index in [9.17, 15) is 9.59 Å². The number of esters is 1. The minimum absolute atomic E-state index is 0.0119. The summed E-state index contributed by atoms with van der Waals surface area (Å²) in [6, 6.07) is 0. The van der Waals surface area contributed by atoms with Crippen LogP contribution in [0.25, 0.3) is 0 Å². The maximum atomic E-state index is 12.3. The molecule has 1 heterocycles. The lowest BCUT2D eigenvalue weighted by Crippen LogP contribution is -2.41. The third-order valence-electron chi connectivity index (χ3n) is 5.01. The van der Waals surface area contributed by atoms with Crippen LogP contribution in [0, 0.1) is 17.3 Å². The van der Waals surface area contributed by atoms with Crippen molar-refractivity contribution in [2.24, 2.45) is 17.3 Å². The van der Waals surface area contributed by atoms with Crippen molar-refractivity contribution >= 4 is 11.8 Å². The Kier molecular flexibility index (Phi) is 2.31. The molecule has 1 aliphatic heterocycles. The zero-order valence-electron chi connectivity index (χ0n) is 10.9. The highest BCUT2D eigenvalue weighted by Crippen LogP contribution is 2.53. The Morgan fingerprint density at radius 1 is 1.39 bits per heavy atom. The molecule has 1 saturated heterocycles. The summed E-state index contributed by atoms with van der Waals surface area (Å²) in [5, 5.41) is 0. The van der Waals surface area contributed by atoms with Gasteiger partial charge in [0.05, 0.1) is 5.41 Å². The molecule has 0 aromatic rings. The van der Waals surface area contributed by atoms with E-state index in [1.165, 1.54) is 5.57 Å². The van der Waals surface area contributed by atoms with Crippen LogP contribution in [-0.4, -0.2) is 17.9 Å². The fourth-order valence-electron chi connectivity index (χ4n) is 3.86. The first-order valence-electron chi connectivity index (χ1n) is 6.60. The van der Waals surface area contributed by atoms with Gasteiger partial charge in [0.2, 0.25) is 0 Å². The molecule has 3 rings (SSSR count). The molecule has 0 aromatic heterocycles. The first kappa shape index (κ1) is 11.7. The van der Waals surface area contributed by atoms with E-state index >= 15 is 0 Å². The molecule has 1 unspecified atom stereocenters. The summed E-state index contributed by atoms with van der Waals surface area (Å²) in [4.78, 5) is 24.0. The summed E-state index contributed by atoms with van der Waals surface area (Å²) in [5.74, 6) is 0.264. The summed E-state index contributed by atoms with van der Waals surface area (Å²) in [5.41, 5.74) is 1.10. The van der Waals surface area contributed by atoms with Gasteiger partial charge in [-0.05, 0) is 25.7 Å². The van der Waals surface area contributed by atoms with Crippen molar-refractivity contribution < 1.29 is 14.3 Å². The number of Topliss-reactive ketones (excluding diaryl/α,β-unsaturated/α-hetero) is 1.